The number of aromatic nitrogens is 1. The fourth-order valence-corrected chi connectivity index (χ4v) is 4.69. The van der Waals surface area contributed by atoms with E-state index < -0.39 is 36.0 Å². The molecule has 0 radical (unpaired) electrons. The predicted molar refractivity (Wildman–Crippen MR) is 131 cm³/mol. The van der Waals surface area contributed by atoms with Crippen molar-refractivity contribution in [3.05, 3.63) is 59.9 Å². The van der Waals surface area contributed by atoms with Gasteiger partial charge in [0.15, 0.2) is 0 Å². The van der Waals surface area contributed by atoms with Crippen LogP contribution in [0.2, 0.25) is 0 Å². The fourth-order valence-electron chi connectivity index (χ4n) is 4.69. The summed E-state index contributed by atoms with van der Waals surface area (Å²) >= 11 is 0. The van der Waals surface area contributed by atoms with E-state index in [0.717, 1.165) is 17.7 Å². The summed E-state index contributed by atoms with van der Waals surface area (Å²) in [7, 11) is 0. The van der Waals surface area contributed by atoms with Crippen LogP contribution in [0.3, 0.4) is 0 Å². The zero-order chi connectivity index (χ0) is 27.1. The minimum atomic E-state index is -4.48. The molecule has 4 rings (SSSR count). The van der Waals surface area contributed by atoms with E-state index in [1.807, 2.05) is 12.1 Å². The predicted octanol–water partition coefficient (Wildman–Crippen LogP) is 2.99. The van der Waals surface area contributed by atoms with Crippen LogP contribution in [0.25, 0.3) is 0 Å². The third-order valence-electron chi connectivity index (χ3n) is 6.60. The third-order valence-corrected chi connectivity index (χ3v) is 6.60. The largest absolute Gasteiger partial charge is 0.416 e. The van der Waals surface area contributed by atoms with E-state index in [0.29, 0.717) is 25.8 Å². The topological polar surface area (TPSA) is 113 Å². The number of rotatable bonds is 6. The molecule has 12 heteroatoms. The zero-order valence-electron chi connectivity index (χ0n) is 20.7. The van der Waals surface area contributed by atoms with Crippen molar-refractivity contribution < 1.29 is 37.3 Å². The van der Waals surface area contributed by atoms with Crippen LogP contribution in [-0.2, 0) is 26.9 Å². The maximum atomic E-state index is 13.1. The molecule has 0 unspecified atom stereocenters. The Hall–Kier alpha value is -3.22. The van der Waals surface area contributed by atoms with E-state index in [1.165, 1.54) is 17.0 Å². The molecule has 1 aromatic heterocycles. The first kappa shape index (κ1) is 27.8. The second kappa shape index (κ2) is 12.5. The lowest BCUT2D eigenvalue weighted by Crippen LogP contribution is -2.58. The lowest BCUT2D eigenvalue weighted by molar-refractivity contribution is -0.149. The van der Waals surface area contributed by atoms with Gasteiger partial charge in [-0.25, -0.2) is 4.79 Å². The molecule has 4 atom stereocenters. The van der Waals surface area contributed by atoms with Crippen molar-refractivity contribution in [3.8, 4) is 0 Å². The number of halogens is 3. The van der Waals surface area contributed by atoms with Crippen molar-refractivity contribution in [2.24, 2.45) is 0 Å². The van der Waals surface area contributed by atoms with Gasteiger partial charge in [-0.05, 0) is 61.2 Å². The first-order valence-electron chi connectivity index (χ1n) is 12.5. The van der Waals surface area contributed by atoms with Gasteiger partial charge in [0.05, 0.1) is 50.0 Å². The quantitative estimate of drug-likeness (QED) is 0.523. The second-order valence-electron chi connectivity index (χ2n) is 9.45. The molecule has 2 fully saturated rings. The van der Waals surface area contributed by atoms with E-state index in [1.54, 1.807) is 12.4 Å². The summed E-state index contributed by atoms with van der Waals surface area (Å²) in [5, 5.41) is 15.8. The molecule has 1 aromatic carbocycles. The van der Waals surface area contributed by atoms with Gasteiger partial charge in [0.2, 0.25) is 5.91 Å². The number of ether oxygens (including phenoxy) is 2. The van der Waals surface area contributed by atoms with Crippen molar-refractivity contribution in [2.45, 2.75) is 56.2 Å². The molecule has 0 saturated carbocycles. The van der Waals surface area contributed by atoms with Crippen LogP contribution in [-0.4, -0.2) is 77.6 Å². The van der Waals surface area contributed by atoms with Crippen LogP contribution in [0.4, 0.5) is 23.7 Å². The summed E-state index contributed by atoms with van der Waals surface area (Å²) in [6.07, 6.45) is -1.01. The molecule has 0 aliphatic carbocycles. The monoisotopic (exact) mass is 536 g/mol. The van der Waals surface area contributed by atoms with Crippen LogP contribution >= 0.6 is 0 Å². The summed E-state index contributed by atoms with van der Waals surface area (Å²) in [4.78, 5) is 31.0. The van der Waals surface area contributed by atoms with Gasteiger partial charge < -0.3 is 30.1 Å². The second-order valence-corrected chi connectivity index (χ2v) is 9.45. The third kappa shape index (κ3) is 7.65. The van der Waals surface area contributed by atoms with Crippen molar-refractivity contribution >= 4 is 17.6 Å². The van der Waals surface area contributed by atoms with Gasteiger partial charge in [-0.3, -0.25) is 9.78 Å². The van der Waals surface area contributed by atoms with E-state index in [2.05, 4.69) is 15.6 Å². The number of benzene rings is 1. The molecule has 2 aliphatic rings. The first-order chi connectivity index (χ1) is 18.2. The Balaban J connectivity index is 1.33. The number of urea groups is 1. The van der Waals surface area contributed by atoms with Crippen LogP contribution in [0.1, 0.15) is 30.4 Å². The summed E-state index contributed by atoms with van der Waals surface area (Å²) in [6, 6.07) is 6.94. The Morgan fingerprint density at radius 2 is 1.82 bits per heavy atom. The number of pyridine rings is 1. The SMILES string of the molecule is O=C(C[C@@H]1CC[C@H]2[C@@H](COC[C@@H](O)CN2C(=O)Nc2ccc(C(F)(F)F)cc2)O1)NCCc1ccncc1. The number of anilines is 1. The number of amides is 3. The highest BCUT2D eigenvalue weighted by atomic mass is 19.4. The standard InChI is InChI=1S/C26H31F3N4O5/c27-26(28,29)18-1-3-19(4-2-18)32-25(36)33-14-20(34)15-37-16-23-22(33)6-5-21(38-23)13-24(35)31-12-9-17-7-10-30-11-8-17/h1-4,7-8,10-11,20-23,34H,5-6,9,12-16H2,(H,31,35)(H,32,36)/t20-,21-,22-,23+/m0/s1. The highest BCUT2D eigenvalue weighted by Gasteiger charge is 2.40. The van der Waals surface area contributed by atoms with Crippen LogP contribution in [0.15, 0.2) is 48.8 Å². The number of aliphatic hydroxyl groups excluding tert-OH is 1. The molecule has 0 spiro atoms. The van der Waals surface area contributed by atoms with E-state index in [-0.39, 0.29) is 43.9 Å². The molecule has 38 heavy (non-hydrogen) atoms. The number of fused-ring (bicyclic) bond motifs is 1. The molecule has 9 nitrogen and oxygen atoms in total. The molecular formula is C26H31F3N4O5. The number of carbonyl (C=O) groups is 2. The average molecular weight is 537 g/mol. The Labute approximate surface area is 218 Å². The van der Waals surface area contributed by atoms with Crippen molar-refractivity contribution in [2.75, 3.05) is 31.6 Å². The Bertz CT molecular complexity index is 1070. The normalized spacial score (nSPS) is 24.1. The number of nitrogens with zero attached hydrogens (tertiary/aromatic N) is 2. The highest BCUT2D eigenvalue weighted by Crippen LogP contribution is 2.31. The summed E-state index contributed by atoms with van der Waals surface area (Å²) in [6.45, 7) is 0.584. The van der Waals surface area contributed by atoms with Crippen LogP contribution in [0.5, 0.6) is 0 Å². The minimum Gasteiger partial charge on any atom is -0.389 e. The van der Waals surface area contributed by atoms with Crippen LogP contribution < -0.4 is 10.6 Å². The molecule has 2 aromatic rings. The van der Waals surface area contributed by atoms with Gasteiger partial charge in [0.1, 0.15) is 6.10 Å². The Morgan fingerprint density at radius 3 is 2.53 bits per heavy atom. The van der Waals surface area contributed by atoms with Gasteiger partial charge in [0.25, 0.3) is 0 Å². The van der Waals surface area contributed by atoms with Gasteiger partial charge in [-0.15, -0.1) is 0 Å². The van der Waals surface area contributed by atoms with E-state index >= 15 is 0 Å². The summed E-state index contributed by atoms with van der Waals surface area (Å²) < 4.78 is 50.3. The maximum absolute atomic E-state index is 13.1. The molecule has 3 amide bonds. The smallest absolute Gasteiger partial charge is 0.389 e. The summed E-state index contributed by atoms with van der Waals surface area (Å²) in [5.41, 5.74) is 0.452. The zero-order valence-corrected chi connectivity index (χ0v) is 20.7. The van der Waals surface area contributed by atoms with Gasteiger partial charge >= 0.3 is 12.2 Å². The van der Waals surface area contributed by atoms with Gasteiger partial charge in [-0.2, -0.15) is 13.2 Å². The number of hydrogen-bond donors (Lipinski definition) is 3. The molecule has 3 N–H and O–H groups in total. The molecule has 2 aliphatic heterocycles. The summed E-state index contributed by atoms with van der Waals surface area (Å²) in [5.74, 6) is -0.137. The van der Waals surface area contributed by atoms with Crippen molar-refractivity contribution in [1.82, 2.24) is 15.2 Å². The molecule has 2 saturated heterocycles. The lowest BCUT2D eigenvalue weighted by atomic mass is 9.95. The number of hydrogen-bond acceptors (Lipinski definition) is 6. The van der Waals surface area contributed by atoms with Crippen LogP contribution in [0, 0.1) is 0 Å². The van der Waals surface area contributed by atoms with Gasteiger partial charge in [-0.1, -0.05) is 0 Å². The molecular weight excluding hydrogens is 505 g/mol. The Morgan fingerprint density at radius 1 is 1.08 bits per heavy atom. The minimum absolute atomic E-state index is 0.00318. The lowest BCUT2D eigenvalue weighted by Gasteiger charge is -2.44. The molecule has 206 valence electrons. The maximum Gasteiger partial charge on any atom is 0.416 e. The van der Waals surface area contributed by atoms with E-state index in [9.17, 15) is 27.9 Å². The Kier molecular flexibility index (Phi) is 9.18. The number of β-amino-alcohol motifs (C(OH)–C–C–N with tert-alkyl or cyclic N) is 1. The number of alkyl halides is 3. The highest BCUT2D eigenvalue weighted by molar-refractivity contribution is 5.89. The van der Waals surface area contributed by atoms with Crippen molar-refractivity contribution in [1.29, 1.82) is 0 Å². The van der Waals surface area contributed by atoms with E-state index in [4.69, 9.17) is 9.47 Å². The first-order valence-corrected chi connectivity index (χ1v) is 12.5. The fraction of sp³-hybridized carbons (Fsp3) is 0.500. The van der Waals surface area contributed by atoms with Gasteiger partial charge in [0, 0.05) is 24.6 Å². The van der Waals surface area contributed by atoms with Crippen molar-refractivity contribution in [3.63, 3.8) is 0 Å². The number of aliphatic hydroxyl groups is 1. The number of nitrogens with one attached hydrogen (secondary N) is 2. The number of carbonyl (C=O) groups excluding carboxylic acids is 2. The molecule has 0 bridgehead atoms. The molecule has 3 heterocycles. The average Bonchev–Trinajstić information content (AvgIpc) is 2.87.